The van der Waals surface area contributed by atoms with Gasteiger partial charge in [-0.15, -0.1) is 0 Å². The van der Waals surface area contributed by atoms with Gasteiger partial charge in [0.2, 0.25) is 0 Å². The number of ether oxygens (including phenoxy) is 1. The third kappa shape index (κ3) is 4.80. The summed E-state index contributed by atoms with van der Waals surface area (Å²) in [7, 11) is 1.83. The molecule has 0 fully saturated rings. The summed E-state index contributed by atoms with van der Waals surface area (Å²) in [5.41, 5.74) is 1.63. The molecule has 0 atom stereocenters. The summed E-state index contributed by atoms with van der Waals surface area (Å²) in [4.78, 5) is 12.6. The van der Waals surface area contributed by atoms with E-state index < -0.39 is 0 Å². The van der Waals surface area contributed by atoms with Crippen LogP contribution in [-0.4, -0.2) is 31.2 Å². The minimum Gasteiger partial charge on any atom is -0.377 e. The van der Waals surface area contributed by atoms with E-state index in [9.17, 15) is 10.1 Å². The quantitative estimate of drug-likeness (QED) is 0.437. The molecule has 0 N–H and O–H groups in total. The number of likely N-dealkylation sites (N-methyl/N-ethyl adjacent to an activating group) is 1. The van der Waals surface area contributed by atoms with Crippen molar-refractivity contribution in [3.8, 4) is 0 Å². The first-order valence-corrected chi connectivity index (χ1v) is 7.24. The number of nitro groups is 1. The fourth-order valence-corrected chi connectivity index (χ4v) is 2.02. The van der Waals surface area contributed by atoms with Crippen LogP contribution in [0, 0.1) is 10.1 Å². The number of halogens is 1. The van der Waals surface area contributed by atoms with Crippen LogP contribution >= 0.6 is 15.9 Å². The molecule has 0 amide bonds. The zero-order valence-electron chi connectivity index (χ0n) is 11.4. The average molecular weight is 331 g/mol. The number of nitrogens with zero attached hydrogens (tertiary/aromatic N) is 2. The highest BCUT2D eigenvalue weighted by Gasteiger charge is 2.17. The van der Waals surface area contributed by atoms with Crippen LogP contribution < -0.4 is 4.90 Å². The van der Waals surface area contributed by atoms with Crippen molar-refractivity contribution in [2.24, 2.45) is 0 Å². The lowest BCUT2D eigenvalue weighted by Crippen LogP contribution is -2.24. The molecule has 106 valence electrons. The Kier molecular flexibility index (Phi) is 6.24. The Morgan fingerprint density at radius 2 is 2.16 bits per heavy atom. The average Bonchev–Trinajstić information content (AvgIpc) is 2.37. The summed E-state index contributed by atoms with van der Waals surface area (Å²) >= 11 is 3.30. The topological polar surface area (TPSA) is 55.6 Å². The van der Waals surface area contributed by atoms with E-state index >= 15 is 0 Å². The number of hydrogen-bond donors (Lipinski definition) is 0. The van der Waals surface area contributed by atoms with E-state index in [0.29, 0.717) is 24.2 Å². The molecule has 0 aliphatic heterocycles. The van der Waals surface area contributed by atoms with Crippen LogP contribution in [0.2, 0.25) is 0 Å². The second-order valence-corrected chi connectivity index (χ2v) is 5.12. The molecule has 1 aromatic carbocycles. The zero-order valence-corrected chi connectivity index (χ0v) is 13.0. The van der Waals surface area contributed by atoms with Gasteiger partial charge in [0.25, 0.3) is 5.69 Å². The second kappa shape index (κ2) is 7.45. The Bertz CT molecular complexity index is 438. The van der Waals surface area contributed by atoms with E-state index in [1.165, 1.54) is 0 Å². The summed E-state index contributed by atoms with van der Waals surface area (Å²) in [5.74, 6) is 0. The molecular weight excluding hydrogens is 312 g/mol. The third-order valence-corrected chi connectivity index (χ3v) is 3.33. The van der Waals surface area contributed by atoms with Crippen LogP contribution in [0.5, 0.6) is 0 Å². The Hall–Kier alpha value is -1.14. The lowest BCUT2D eigenvalue weighted by molar-refractivity contribution is -0.384. The predicted octanol–water partition coefficient (Wildman–Crippen LogP) is 3.35. The van der Waals surface area contributed by atoms with Gasteiger partial charge in [-0.25, -0.2) is 0 Å². The van der Waals surface area contributed by atoms with Gasteiger partial charge in [-0.3, -0.25) is 10.1 Å². The molecule has 0 bridgehead atoms. The van der Waals surface area contributed by atoms with Gasteiger partial charge in [0.15, 0.2) is 0 Å². The van der Waals surface area contributed by atoms with E-state index in [2.05, 4.69) is 15.9 Å². The summed E-state index contributed by atoms with van der Waals surface area (Å²) < 4.78 is 5.46. The van der Waals surface area contributed by atoms with Crippen molar-refractivity contribution < 1.29 is 9.66 Å². The number of anilines is 1. The van der Waals surface area contributed by atoms with E-state index in [-0.39, 0.29) is 16.7 Å². The summed E-state index contributed by atoms with van der Waals surface area (Å²) in [6.07, 6.45) is 0.166. The Balaban J connectivity index is 2.83. The molecular formula is C13H19BrN2O3. The lowest BCUT2D eigenvalue weighted by Gasteiger charge is -2.20. The summed E-state index contributed by atoms with van der Waals surface area (Å²) in [5, 5.41) is 11.7. The maximum atomic E-state index is 11.1. The van der Waals surface area contributed by atoms with Crippen LogP contribution in [0.3, 0.4) is 0 Å². The fraction of sp³-hybridized carbons (Fsp3) is 0.538. The molecule has 1 rings (SSSR count). The fourth-order valence-electron chi connectivity index (χ4n) is 1.67. The highest BCUT2D eigenvalue weighted by molar-refractivity contribution is 9.08. The molecule has 5 nitrogen and oxygen atoms in total. The van der Waals surface area contributed by atoms with Crippen molar-refractivity contribution in [3.05, 3.63) is 33.9 Å². The van der Waals surface area contributed by atoms with E-state index in [1.54, 1.807) is 12.1 Å². The molecule has 19 heavy (non-hydrogen) atoms. The smallest absolute Gasteiger partial charge is 0.292 e. The highest BCUT2D eigenvalue weighted by Crippen LogP contribution is 2.29. The van der Waals surface area contributed by atoms with Gasteiger partial charge in [0.05, 0.1) is 17.6 Å². The molecule has 1 aromatic rings. The van der Waals surface area contributed by atoms with Gasteiger partial charge in [0.1, 0.15) is 5.69 Å². The molecule has 6 heteroatoms. The Labute approximate surface area is 121 Å². The second-order valence-electron chi connectivity index (χ2n) is 4.55. The summed E-state index contributed by atoms with van der Waals surface area (Å²) in [6, 6.07) is 5.27. The number of nitro benzene ring substituents is 1. The van der Waals surface area contributed by atoms with Crippen LogP contribution in [0.25, 0.3) is 0 Å². The molecule has 0 unspecified atom stereocenters. The molecule has 0 radical (unpaired) electrons. The lowest BCUT2D eigenvalue weighted by atomic mass is 10.2. The highest BCUT2D eigenvalue weighted by atomic mass is 79.9. The van der Waals surface area contributed by atoms with E-state index in [4.69, 9.17) is 4.74 Å². The molecule has 0 saturated carbocycles. The van der Waals surface area contributed by atoms with Crippen LogP contribution in [0.4, 0.5) is 11.4 Å². The first-order chi connectivity index (χ1) is 8.95. The molecule has 0 saturated heterocycles. The molecule has 0 spiro atoms. The molecule has 0 aliphatic carbocycles. The van der Waals surface area contributed by atoms with Crippen LogP contribution in [0.15, 0.2) is 18.2 Å². The monoisotopic (exact) mass is 330 g/mol. The van der Waals surface area contributed by atoms with Crippen LogP contribution in [-0.2, 0) is 10.1 Å². The standard InChI is InChI=1S/C13H19BrN2O3/c1-10(2)19-7-6-15(3)12-5-4-11(9-14)8-13(12)16(17)18/h4-5,8,10H,6-7,9H2,1-3H3. The van der Waals surface area contributed by atoms with Crippen molar-refractivity contribution in [1.29, 1.82) is 0 Å². The predicted molar refractivity (Wildman–Crippen MR) is 80.1 cm³/mol. The van der Waals surface area contributed by atoms with Crippen molar-refractivity contribution in [2.45, 2.75) is 25.3 Å². The van der Waals surface area contributed by atoms with Crippen molar-refractivity contribution in [1.82, 2.24) is 0 Å². The molecule has 0 aromatic heterocycles. The van der Waals surface area contributed by atoms with Crippen molar-refractivity contribution in [3.63, 3.8) is 0 Å². The maximum absolute atomic E-state index is 11.1. The molecule has 0 aliphatic rings. The van der Waals surface area contributed by atoms with E-state index in [0.717, 1.165) is 5.56 Å². The number of rotatable bonds is 7. The van der Waals surface area contributed by atoms with Crippen molar-refractivity contribution >= 4 is 27.3 Å². The summed E-state index contributed by atoms with van der Waals surface area (Å²) in [6.45, 7) is 5.10. The molecule has 0 heterocycles. The van der Waals surface area contributed by atoms with Gasteiger partial charge in [-0.2, -0.15) is 0 Å². The minimum absolute atomic E-state index is 0.129. The van der Waals surface area contributed by atoms with Gasteiger partial charge in [-0.05, 0) is 25.5 Å². The normalized spacial score (nSPS) is 10.8. The van der Waals surface area contributed by atoms with E-state index in [1.807, 2.05) is 31.9 Å². The number of alkyl halides is 1. The SMILES string of the molecule is CC(C)OCCN(C)c1ccc(CBr)cc1[N+](=O)[O-]. The van der Waals surface area contributed by atoms with Gasteiger partial charge in [0, 0.05) is 25.0 Å². The first-order valence-electron chi connectivity index (χ1n) is 6.11. The van der Waals surface area contributed by atoms with Gasteiger partial charge < -0.3 is 9.64 Å². The maximum Gasteiger partial charge on any atom is 0.292 e. The Morgan fingerprint density at radius 3 is 2.68 bits per heavy atom. The Morgan fingerprint density at radius 1 is 1.47 bits per heavy atom. The number of benzene rings is 1. The van der Waals surface area contributed by atoms with Gasteiger partial charge in [-0.1, -0.05) is 22.0 Å². The van der Waals surface area contributed by atoms with Gasteiger partial charge >= 0.3 is 0 Å². The minimum atomic E-state index is -0.346. The van der Waals surface area contributed by atoms with Crippen molar-refractivity contribution in [2.75, 3.05) is 25.1 Å². The van der Waals surface area contributed by atoms with Crippen LogP contribution in [0.1, 0.15) is 19.4 Å². The zero-order chi connectivity index (χ0) is 14.4. The largest absolute Gasteiger partial charge is 0.377 e. The first kappa shape index (κ1) is 15.9. The third-order valence-electron chi connectivity index (χ3n) is 2.68. The number of hydrogen-bond acceptors (Lipinski definition) is 4.